The highest BCUT2D eigenvalue weighted by Crippen LogP contribution is 2.19. The number of carbonyl (C=O) groups excluding carboxylic acids is 1. The van der Waals surface area contributed by atoms with Crippen molar-refractivity contribution in [2.75, 3.05) is 26.3 Å². The number of para-hydroxylation sites is 1. The first kappa shape index (κ1) is 17.6. The molecule has 1 fully saturated rings. The van der Waals surface area contributed by atoms with Crippen LogP contribution in [0.2, 0.25) is 0 Å². The molecule has 0 aliphatic carbocycles. The summed E-state index contributed by atoms with van der Waals surface area (Å²) in [6.45, 7) is 6.98. The molecular weight excluding hydrogens is 292 g/mol. The number of hydrogen-bond acceptors (Lipinski definition) is 3. The zero-order chi connectivity index (χ0) is 16.7. The van der Waals surface area contributed by atoms with Crippen molar-refractivity contribution in [3.8, 4) is 5.75 Å². The molecule has 0 aromatic heterocycles. The summed E-state index contributed by atoms with van der Waals surface area (Å²) in [5.41, 5.74) is 0.988. The van der Waals surface area contributed by atoms with Crippen molar-refractivity contribution in [2.45, 2.75) is 33.2 Å². The molecule has 2 amide bonds. The van der Waals surface area contributed by atoms with Gasteiger partial charge >= 0.3 is 6.03 Å². The maximum atomic E-state index is 12.2. The summed E-state index contributed by atoms with van der Waals surface area (Å²) in [5.74, 6) is 1.66. The summed E-state index contributed by atoms with van der Waals surface area (Å²) in [7, 11) is 0. The number of nitrogens with zero attached hydrogens (tertiary/aromatic N) is 1. The first-order valence-electron chi connectivity index (χ1n) is 8.44. The molecular formula is C18H28N2O3. The Bertz CT molecular complexity index is 505. The number of ether oxygens (including phenoxy) is 1. The molecule has 5 nitrogen and oxygen atoms in total. The van der Waals surface area contributed by atoms with Gasteiger partial charge in [-0.15, -0.1) is 0 Å². The number of aliphatic hydroxyl groups excluding tert-OH is 1. The number of likely N-dealkylation sites (tertiary alicyclic amines) is 1. The second-order valence-corrected chi connectivity index (χ2v) is 6.58. The third kappa shape index (κ3) is 5.43. The average Bonchev–Trinajstić information content (AvgIpc) is 3.02. The Morgan fingerprint density at radius 2 is 2.22 bits per heavy atom. The third-order valence-electron chi connectivity index (χ3n) is 4.19. The van der Waals surface area contributed by atoms with Gasteiger partial charge in [0.1, 0.15) is 5.75 Å². The molecule has 1 saturated heterocycles. The van der Waals surface area contributed by atoms with E-state index in [1.54, 1.807) is 4.90 Å². The van der Waals surface area contributed by atoms with Crippen LogP contribution in [0.25, 0.3) is 0 Å². The molecule has 1 unspecified atom stereocenters. The molecule has 1 aromatic carbocycles. The van der Waals surface area contributed by atoms with Crippen LogP contribution in [0.1, 0.15) is 32.3 Å². The van der Waals surface area contributed by atoms with E-state index < -0.39 is 0 Å². The fraction of sp³-hybridized carbons (Fsp3) is 0.611. The topological polar surface area (TPSA) is 61.8 Å². The number of amides is 2. The third-order valence-corrected chi connectivity index (χ3v) is 4.19. The smallest absolute Gasteiger partial charge is 0.317 e. The lowest BCUT2D eigenvalue weighted by Crippen LogP contribution is -2.38. The minimum absolute atomic E-state index is 0.0714. The minimum Gasteiger partial charge on any atom is -0.493 e. The van der Waals surface area contributed by atoms with Crippen LogP contribution < -0.4 is 10.1 Å². The Hall–Kier alpha value is -1.75. The molecule has 128 valence electrons. The highest BCUT2D eigenvalue weighted by molar-refractivity contribution is 5.74. The molecule has 2 rings (SSSR count). The molecule has 0 bridgehead atoms. The molecule has 1 aromatic rings. The second kappa shape index (κ2) is 8.77. The fourth-order valence-corrected chi connectivity index (χ4v) is 2.64. The van der Waals surface area contributed by atoms with Crippen molar-refractivity contribution in [1.29, 1.82) is 0 Å². The fourth-order valence-electron chi connectivity index (χ4n) is 2.64. The summed E-state index contributed by atoms with van der Waals surface area (Å²) in [6.07, 6.45) is 1.88. The number of benzene rings is 1. The van der Waals surface area contributed by atoms with Gasteiger partial charge in [0.05, 0.1) is 6.61 Å². The summed E-state index contributed by atoms with van der Waals surface area (Å²) >= 11 is 0. The van der Waals surface area contributed by atoms with Crippen LogP contribution >= 0.6 is 0 Å². The maximum absolute atomic E-state index is 12.2. The predicted molar refractivity (Wildman–Crippen MR) is 90.4 cm³/mol. The zero-order valence-electron chi connectivity index (χ0n) is 14.1. The molecule has 0 saturated carbocycles. The molecule has 1 atom stereocenters. The van der Waals surface area contributed by atoms with Crippen LogP contribution in [-0.4, -0.2) is 42.3 Å². The average molecular weight is 320 g/mol. The summed E-state index contributed by atoms with van der Waals surface area (Å²) in [4.78, 5) is 14.0. The van der Waals surface area contributed by atoms with E-state index >= 15 is 0 Å². The first-order chi connectivity index (χ1) is 11.1. The number of hydrogen-bond donors (Lipinski definition) is 2. The summed E-state index contributed by atoms with van der Waals surface area (Å²) in [5, 5.41) is 12.1. The Morgan fingerprint density at radius 3 is 2.91 bits per heavy atom. The highest BCUT2D eigenvalue weighted by Gasteiger charge is 2.25. The van der Waals surface area contributed by atoms with Crippen LogP contribution in [0.4, 0.5) is 4.79 Å². The standard InChI is InChI=1S/C18H28N2O3/c1-14(2)8-10-23-17-6-4-3-5-16(17)11-19-18(22)20-9-7-15(12-20)13-21/h3-6,14-15,21H,7-13H2,1-2H3,(H,19,22). The monoisotopic (exact) mass is 320 g/mol. The first-order valence-corrected chi connectivity index (χ1v) is 8.44. The Balaban J connectivity index is 1.84. The SMILES string of the molecule is CC(C)CCOc1ccccc1CNC(=O)N1CCC(CO)C1. The lowest BCUT2D eigenvalue weighted by molar-refractivity contribution is 0.198. The number of nitrogens with one attached hydrogen (secondary N) is 1. The van der Waals surface area contributed by atoms with E-state index in [1.165, 1.54) is 0 Å². The number of rotatable bonds is 7. The van der Waals surface area contributed by atoms with Crippen molar-refractivity contribution in [2.24, 2.45) is 11.8 Å². The quantitative estimate of drug-likeness (QED) is 0.812. The molecule has 23 heavy (non-hydrogen) atoms. The number of aliphatic hydroxyl groups is 1. The molecule has 0 spiro atoms. The molecule has 0 radical (unpaired) electrons. The highest BCUT2D eigenvalue weighted by atomic mass is 16.5. The lowest BCUT2D eigenvalue weighted by Gasteiger charge is -2.18. The van der Waals surface area contributed by atoms with Crippen LogP contribution in [0.3, 0.4) is 0 Å². The van der Waals surface area contributed by atoms with Crippen molar-refractivity contribution in [3.05, 3.63) is 29.8 Å². The van der Waals surface area contributed by atoms with Crippen molar-refractivity contribution in [1.82, 2.24) is 10.2 Å². The van der Waals surface area contributed by atoms with Gasteiger partial charge in [0.15, 0.2) is 0 Å². The van der Waals surface area contributed by atoms with Crippen LogP contribution in [0.5, 0.6) is 5.75 Å². The summed E-state index contributed by atoms with van der Waals surface area (Å²) in [6, 6.07) is 7.75. The van der Waals surface area contributed by atoms with Crippen molar-refractivity contribution in [3.63, 3.8) is 0 Å². The van der Waals surface area contributed by atoms with Gasteiger partial charge in [-0.05, 0) is 24.8 Å². The lowest BCUT2D eigenvalue weighted by atomic mass is 10.1. The van der Waals surface area contributed by atoms with E-state index in [0.29, 0.717) is 32.2 Å². The largest absolute Gasteiger partial charge is 0.493 e. The molecule has 5 heteroatoms. The van der Waals surface area contributed by atoms with Crippen LogP contribution in [0, 0.1) is 11.8 Å². The predicted octanol–water partition coefficient (Wildman–Crippen LogP) is 2.64. The van der Waals surface area contributed by atoms with E-state index in [2.05, 4.69) is 19.2 Å². The summed E-state index contributed by atoms with van der Waals surface area (Å²) < 4.78 is 5.84. The van der Waals surface area contributed by atoms with Crippen LogP contribution in [0.15, 0.2) is 24.3 Å². The van der Waals surface area contributed by atoms with Gasteiger partial charge < -0.3 is 20.1 Å². The molecule has 1 heterocycles. The van der Waals surface area contributed by atoms with Crippen LogP contribution in [-0.2, 0) is 6.54 Å². The molecule has 1 aliphatic rings. The normalized spacial score (nSPS) is 17.6. The molecule has 2 N–H and O–H groups in total. The Morgan fingerprint density at radius 1 is 1.43 bits per heavy atom. The van der Waals surface area contributed by atoms with Gasteiger partial charge in [-0.25, -0.2) is 4.79 Å². The molecule has 1 aliphatic heterocycles. The van der Waals surface area contributed by atoms with Gasteiger partial charge in [0.2, 0.25) is 0 Å². The van der Waals surface area contributed by atoms with E-state index in [1.807, 2.05) is 24.3 Å². The minimum atomic E-state index is -0.0714. The van der Waals surface area contributed by atoms with E-state index in [-0.39, 0.29) is 18.6 Å². The Kier molecular flexibility index (Phi) is 6.71. The Labute approximate surface area is 138 Å². The van der Waals surface area contributed by atoms with E-state index in [0.717, 1.165) is 24.2 Å². The van der Waals surface area contributed by atoms with E-state index in [4.69, 9.17) is 9.84 Å². The van der Waals surface area contributed by atoms with Gasteiger partial charge in [-0.1, -0.05) is 32.0 Å². The van der Waals surface area contributed by atoms with Crippen molar-refractivity contribution >= 4 is 6.03 Å². The maximum Gasteiger partial charge on any atom is 0.317 e. The van der Waals surface area contributed by atoms with Gasteiger partial charge in [-0.2, -0.15) is 0 Å². The zero-order valence-corrected chi connectivity index (χ0v) is 14.1. The van der Waals surface area contributed by atoms with E-state index in [9.17, 15) is 4.79 Å². The van der Waals surface area contributed by atoms with Gasteiger partial charge in [-0.3, -0.25) is 0 Å². The number of urea groups is 1. The van der Waals surface area contributed by atoms with Gasteiger partial charge in [0, 0.05) is 37.7 Å². The van der Waals surface area contributed by atoms with Gasteiger partial charge in [0.25, 0.3) is 0 Å². The second-order valence-electron chi connectivity index (χ2n) is 6.58. The number of carbonyl (C=O) groups is 1. The van der Waals surface area contributed by atoms with Crippen molar-refractivity contribution < 1.29 is 14.6 Å².